The fourth-order valence-electron chi connectivity index (χ4n) is 1.74. The highest BCUT2D eigenvalue weighted by Gasteiger charge is 2.12. The predicted molar refractivity (Wildman–Crippen MR) is 73.9 cm³/mol. The fourth-order valence-corrected chi connectivity index (χ4v) is 2.08. The van der Waals surface area contributed by atoms with Gasteiger partial charge in [0.1, 0.15) is 5.52 Å². The summed E-state index contributed by atoms with van der Waals surface area (Å²) in [6.45, 7) is 0. The zero-order chi connectivity index (χ0) is 12.7. The van der Waals surface area contributed by atoms with Crippen molar-refractivity contribution in [1.29, 1.82) is 0 Å². The van der Waals surface area contributed by atoms with E-state index in [9.17, 15) is 0 Å². The number of aromatic nitrogens is 1. The molecule has 0 saturated heterocycles. The van der Waals surface area contributed by atoms with Gasteiger partial charge in [0.15, 0.2) is 5.58 Å². The molecule has 3 rings (SSSR count). The van der Waals surface area contributed by atoms with E-state index in [0.717, 1.165) is 0 Å². The summed E-state index contributed by atoms with van der Waals surface area (Å²) in [5.41, 5.74) is 8.39. The molecule has 18 heavy (non-hydrogen) atoms. The molecule has 0 unspecified atom stereocenters. The molecule has 5 heteroatoms. The molecule has 0 radical (unpaired) electrons. The van der Waals surface area contributed by atoms with Crippen LogP contribution in [0.5, 0.6) is 0 Å². The molecule has 2 aromatic carbocycles. The van der Waals surface area contributed by atoms with E-state index in [2.05, 4.69) is 4.98 Å². The van der Waals surface area contributed by atoms with Crippen LogP contribution in [-0.4, -0.2) is 4.98 Å². The number of anilines is 1. The van der Waals surface area contributed by atoms with Gasteiger partial charge in [0.2, 0.25) is 5.89 Å². The Morgan fingerprint density at radius 1 is 1.11 bits per heavy atom. The van der Waals surface area contributed by atoms with E-state index in [1.807, 2.05) is 6.07 Å². The summed E-state index contributed by atoms with van der Waals surface area (Å²) in [4.78, 5) is 4.36. The van der Waals surface area contributed by atoms with Gasteiger partial charge in [0.25, 0.3) is 0 Å². The molecular weight excluding hydrogens is 271 g/mol. The molecule has 0 fully saturated rings. The second-order valence-electron chi connectivity index (χ2n) is 3.83. The van der Waals surface area contributed by atoms with E-state index >= 15 is 0 Å². The maximum atomic E-state index is 5.97. The molecule has 2 N–H and O–H groups in total. The van der Waals surface area contributed by atoms with Gasteiger partial charge in [-0.1, -0.05) is 29.3 Å². The van der Waals surface area contributed by atoms with Crippen molar-refractivity contribution in [2.24, 2.45) is 0 Å². The lowest BCUT2D eigenvalue weighted by Crippen LogP contribution is -1.90. The molecule has 0 saturated carbocycles. The number of oxazole rings is 1. The topological polar surface area (TPSA) is 52.0 Å². The minimum absolute atomic E-state index is 0.437. The number of hydrogen-bond acceptors (Lipinski definition) is 3. The van der Waals surface area contributed by atoms with Crippen LogP contribution in [0.3, 0.4) is 0 Å². The number of nitrogens with zero attached hydrogens (tertiary/aromatic N) is 1. The van der Waals surface area contributed by atoms with Crippen LogP contribution in [0.15, 0.2) is 40.8 Å². The number of para-hydroxylation sites is 1. The van der Waals surface area contributed by atoms with E-state index in [1.165, 1.54) is 0 Å². The molecule has 90 valence electrons. The van der Waals surface area contributed by atoms with Gasteiger partial charge >= 0.3 is 0 Å². The smallest absolute Gasteiger partial charge is 0.229 e. The van der Waals surface area contributed by atoms with Gasteiger partial charge in [-0.05, 0) is 30.3 Å². The largest absolute Gasteiger partial charge is 0.436 e. The van der Waals surface area contributed by atoms with Gasteiger partial charge in [-0.25, -0.2) is 4.98 Å². The normalized spacial score (nSPS) is 11.0. The van der Waals surface area contributed by atoms with Crippen LogP contribution in [0, 0.1) is 0 Å². The Hall–Kier alpha value is -1.71. The highest BCUT2D eigenvalue weighted by atomic mass is 35.5. The number of benzene rings is 2. The van der Waals surface area contributed by atoms with Crippen LogP contribution < -0.4 is 5.73 Å². The van der Waals surface area contributed by atoms with Gasteiger partial charge in [0, 0.05) is 5.02 Å². The second-order valence-corrected chi connectivity index (χ2v) is 4.68. The van der Waals surface area contributed by atoms with Crippen molar-refractivity contribution in [1.82, 2.24) is 4.98 Å². The molecule has 0 aliphatic rings. The van der Waals surface area contributed by atoms with Crippen molar-refractivity contribution < 1.29 is 4.42 Å². The number of fused-ring (bicyclic) bond motifs is 1. The Morgan fingerprint density at radius 2 is 1.94 bits per heavy atom. The summed E-state index contributed by atoms with van der Waals surface area (Å²) >= 11 is 11.9. The number of nitrogen functional groups attached to an aromatic ring is 1. The molecule has 1 aromatic heterocycles. The standard InChI is InChI=1S/C13H8Cl2N2O/c14-7-4-5-11-10(6-7)17-13(18-11)8-2-1-3-9(15)12(8)16/h1-6H,16H2. The Kier molecular flexibility index (Phi) is 2.65. The van der Waals surface area contributed by atoms with Crippen LogP contribution in [0.4, 0.5) is 5.69 Å². The van der Waals surface area contributed by atoms with Crippen LogP contribution in [0.25, 0.3) is 22.6 Å². The third-order valence-electron chi connectivity index (χ3n) is 2.63. The maximum Gasteiger partial charge on any atom is 0.229 e. The van der Waals surface area contributed by atoms with Crippen LogP contribution >= 0.6 is 23.2 Å². The first kappa shape index (κ1) is 11.4. The van der Waals surface area contributed by atoms with Crippen molar-refractivity contribution in [3.8, 4) is 11.5 Å². The van der Waals surface area contributed by atoms with E-state index in [1.54, 1.807) is 30.3 Å². The third-order valence-corrected chi connectivity index (χ3v) is 3.20. The summed E-state index contributed by atoms with van der Waals surface area (Å²) in [5.74, 6) is 0.437. The first-order valence-electron chi connectivity index (χ1n) is 5.25. The van der Waals surface area contributed by atoms with Crippen molar-refractivity contribution in [3.05, 3.63) is 46.4 Å². The van der Waals surface area contributed by atoms with E-state index < -0.39 is 0 Å². The van der Waals surface area contributed by atoms with Crippen molar-refractivity contribution in [2.45, 2.75) is 0 Å². The molecule has 0 atom stereocenters. The highest BCUT2D eigenvalue weighted by Crippen LogP contribution is 2.33. The SMILES string of the molecule is Nc1c(Cl)cccc1-c1nc2cc(Cl)ccc2o1. The molecule has 0 amide bonds. The van der Waals surface area contributed by atoms with Crippen molar-refractivity contribution in [3.63, 3.8) is 0 Å². The first-order chi connectivity index (χ1) is 8.65. The molecule has 0 aliphatic heterocycles. The molecule has 3 aromatic rings. The minimum atomic E-state index is 0.437. The Balaban J connectivity index is 2.22. The summed E-state index contributed by atoms with van der Waals surface area (Å²) in [7, 11) is 0. The summed E-state index contributed by atoms with van der Waals surface area (Å²) in [5, 5.41) is 1.09. The van der Waals surface area contributed by atoms with Gasteiger partial charge < -0.3 is 10.2 Å². The van der Waals surface area contributed by atoms with Gasteiger partial charge in [-0.3, -0.25) is 0 Å². The molecule has 0 aliphatic carbocycles. The molecule has 1 heterocycles. The van der Waals surface area contributed by atoms with Crippen LogP contribution in [0.1, 0.15) is 0 Å². The van der Waals surface area contributed by atoms with E-state index in [-0.39, 0.29) is 0 Å². The van der Waals surface area contributed by atoms with E-state index in [4.69, 9.17) is 33.4 Å². The third kappa shape index (κ3) is 1.82. The fraction of sp³-hybridized carbons (Fsp3) is 0. The number of halogens is 2. The highest BCUT2D eigenvalue weighted by molar-refractivity contribution is 6.33. The van der Waals surface area contributed by atoms with Gasteiger partial charge in [0.05, 0.1) is 16.3 Å². The molecule has 0 bridgehead atoms. The molecule has 3 nitrogen and oxygen atoms in total. The molecular formula is C13H8Cl2N2O. The van der Waals surface area contributed by atoms with Crippen molar-refractivity contribution >= 4 is 40.0 Å². The summed E-state index contributed by atoms with van der Waals surface area (Å²) in [6, 6.07) is 10.6. The monoisotopic (exact) mass is 278 g/mol. The zero-order valence-corrected chi connectivity index (χ0v) is 10.7. The lowest BCUT2D eigenvalue weighted by atomic mass is 10.2. The number of nitrogens with two attached hydrogens (primary N) is 1. The lowest BCUT2D eigenvalue weighted by molar-refractivity contribution is 0.620. The Morgan fingerprint density at radius 3 is 2.78 bits per heavy atom. The average Bonchev–Trinajstić information content (AvgIpc) is 2.75. The Labute approximate surface area is 113 Å². The van der Waals surface area contributed by atoms with Crippen LogP contribution in [-0.2, 0) is 0 Å². The zero-order valence-electron chi connectivity index (χ0n) is 9.15. The first-order valence-corrected chi connectivity index (χ1v) is 6.01. The summed E-state index contributed by atoms with van der Waals surface area (Å²) < 4.78 is 5.64. The Bertz CT molecular complexity index is 737. The predicted octanol–water partition coefficient (Wildman–Crippen LogP) is 4.38. The van der Waals surface area contributed by atoms with Crippen molar-refractivity contribution in [2.75, 3.05) is 5.73 Å². The van der Waals surface area contributed by atoms with Gasteiger partial charge in [-0.2, -0.15) is 0 Å². The second kappa shape index (κ2) is 4.19. The van der Waals surface area contributed by atoms with Gasteiger partial charge in [-0.15, -0.1) is 0 Å². The maximum absolute atomic E-state index is 5.97. The number of hydrogen-bond donors (Lipinski definition) is 1. The minimum Gasteiger partial charge on any atom is -0.436 e. The average molecular weight is 279 g/mol. The van der Waals surface area contributed by atoms with E-state index in [0.29, 0.717) is 38.3 Å². The van der Waals surface area contributed by atoms with Crippen LogP contribution in [0.2, 0.25) is 10.0 Å². The molecule has 0 spiro atoms. The number of rotatable bonds is 1. The quantitative estimate of drug-likeness (QED) is 0.672. The summed E-state index contributed by atoms with van der Waals surface area (Å²) in [6.07, 6.45) is 0. The lowest BCUT2D eigenvalue weighted by Gasteiger charge is -2.02.